The molecule has 5 heteroatoms. The van der Waals surface area contributed by atoms with Crippen molar-refractivity contribution in [3.63, 3.8) is 0 Å². The summed E-state index contributed by atoms with van der Waals surface area (Å²) in [5.41, 5.74) is 0.796. The van der Waals surface area contributed by atoms with Gasteiger partial charge in [0.2, 0.25) is 5.91 Å². The Kier molecular flexibility index (Phi) is 6.28. The number of carbonyl (C=O) groups is 2. The zero-order valence-corrected chi connectivity index (χ0v) is 11.1. The van der Waals surface area contributed by atoms with Crippen LogP contribution in [0.1, 0.15) is 26.2 Å². The molecule has 4 nitrogen and oxygen atoms in total. The van der Waals surface area contributed by atoms with Gasteiger partial charge in [-0.25, -0.2) is 0 Å². The van der Waals surface area contributed by atoms with Gasteiger partial charge in [0, 0.05) is 17.7 Å². The molecule has 0 saturated carbocycles. The van der Waals surface area contributed by atoms with Crippen LogP contribution in [0, 0.1) is 0 Å². The molecule has 98 valence electrons. The van der Waals surface area contributed by atoms with Crippen molar-refractivity contribution in [3.8, 4) is 0 Å². The lowest BCUT2D eigenvalue weighted by atomic mass is 10.3. The Morgan fingerprint density at radius 2 is 2.06 bits per heavy atom. The molecule has 0 radical (unpaired) electrons. The van der Waals surface area contributed by atoms with Crippen LogP contribution in [0.2, 0.25) is 0 Å². The van der Waals surface area contributed by atoms with Gasteiger partial charge in [0.25, 0.3) is 0 Å². The van der Waals surface area contributed by atoms with E-state index in [0.29, 0.717) is 12.8 Å². The summed E-state index contributed by atoms with van der Waals surface area (Å²) in [6.07, 6.45) is 1.24. The van der Waals surface area contributed by atoms with Crippen LogP contribution < -0.4 is 5.32 Å². The summed E-state index contributed by atoms with van der Waals surface area (Å²) in [5.74, 6) is -0.0672. The predicted molar refractivity (Wildman–Crippen MR) is 73.0 cm³/mol. The molecular weight excluding hydrogens is 250 g/mol. The van der Waals surface area contributed by atoms with Gasteiger partial charge in [-0.3, -0.25) is 9.59 Å². The summed E-state index contributed by atoms with van der Waals surface area (Å²) < 4.78 is 0. The summed E-state index contributed by atoms with van der Waals surface area (Å²) in [6, 6.07) is 7.55. The SMILES string of the molecule is CCC(=O)Nc1ccccc1SCCCC(=O)O. The topological polar surface area (TPSA) is 66.4 Å². The molecule has 1 amide bonds. The van der Waals surface area contributed by atoms with E-state index < -0.39 is 5.97 Å². The van der Waals surface area contributed by atoms with Gasteiger partial charge >= 0.3 is 5.97 Å². The molecule has 1 rings (SSSR count). The smallest absolute Gasteiger partial charge is 0.303 e. The Bertz CT molecular complexity index is 420. The van der Waals surface area contributed by atoms with Crippen molar-refractivity contribution in [2.45, 2.75) is 31.1 Å². The minimum atomic E-state index is -0.775. The van der Waals surface area contributed by atoms with Crippen LogP contribution in [0.4, 0.5) is 5.69 Å². The third kappa shape index (κ3) is 5.23. The lowest BCUT2D eigenvalue weighted by molar-refractivity contribution is -0.137. The second-order valence-electron chi connectivity index (χ2n) is 3.74. The second kappa shape index (κ2) is 7.76. The fourth-order valence-electron chi connectivity index (χ4n) is 1.34. The van der Waals surface area contributed by atoms with E-state index in [0.717, 1.165) is 16.3 Å². The zero-order chi connectivity index (χ0) is 13.4. The first-order chi connectivity index (χ1) is 8.63. The van der Waals surface area contributed by atoms with Crippen LogP contribution in [0.5, 0.6) is 0 Å². The molecule has 0 aliphatic rings. The minimum Gasteiger partial charge on any atom is -0.481 e. The van der Waals surface area contributed by atoms with Crippen molar-refractivity contribution >= 4 is 29.3 Å². The van der Waals surface area contributed by atoms with Crippen molar-refractivity contribution in [3.05, 3.63) is 24.3 Å². The number of para-hydroxylation sites is 1. The Balaban J connectivity index is 2.53. The third-order valence-corrected chi connectivity index (χ3v) is 3.43. The van der Waals surface area contributed by atoms with E-state index >= 15 is 0 Å². The molecule has 1 aromatic carbocycles. The standard InChI is InChI=1S/C13H17NO3S/c1-2-12(15)14-10-6-3-4-7-11(10)18-9-5-8-13(16)17/h3-4,6-7H,2,5,8-9H2,1H3,(H,14,15)(H,16,17). The number of amides is 1. The highest BCUT2D eigenvalue weighted by atomic mass is 32.2. The summed E-state index contributed by atoms with van der Waals surface area (Å²) in [5, 5.41) is 11.4. The molecule has 0 bridgehead atoms. The first-order valence-corrected chi connectivity index (χ1v) is 6.85. The van der Waals surface area contributed by atoms with Crippen molar-refractivity contribution in [1.29, 1.82) is 0 Å². The van der Waals surface area contributed by atoms with E-state index in [2.05, 4.69) is 5.32 Å². The summed E-state index contributed by atoms with van der Waals surface area (Å²) in [4.78, 5) is 22.7. The average molecular weight is 267 g/mol. The summed E-state index contributed by atoms with van der Waals surface area (Å²) in [6.45, 7) is 1.80. The number of rotatable bonds is 7. The van der Waals surface area contributed by atoms with E-state index in [4.69, 9.17) is 5.11 Å². The molecule has 0 aromatic heterocycles. The van der Waals surface area contributed by atoms with Gasteiger partial charge in [-0.15, -0.1) is 11.8 Å². The highest BCUT2D eigenvalue weighted by Gasteiger charge is 2.05. The Morgan fingerprint density at radius 3 is 2.72 bits per heavy atom. The van der Waals surface area contributed by atoms with E-state index in [1.807, 2.05) is 24.3 Å². The highest BCUT2D eigenvalue weighted by Crippen LogP contribution is 2.27. The molecule has 2 N–H and O–H groups in total. The molecule has 0 aliphatic carbocycles. The maximum Gasteiger partial charge on any atom is 0.303 e. The van der Waals surface area contributed by atoms with Gasteiger partial charge < -0.3 is 10.4 Å². The lowest BCUT2D eigenvalue weighted by Crippen LogP contribution is -2.10. The lowest BCUT2D eigenvalue weighted by Gasteiger charge is -2.09. The fourth-order valence-corrected chi connectivity index (χ4v) is 2.30. The molecule has 0 fully saturated rings. The third-order valence-electron chi connectivity index (χ3n) is 2.27. The quantitative estimate of drug-likeness (QED) is 0.588. The van der Waals surface area contributed by atoms with Gasteiger partial charge in [0.05, 0.1) is 5.69 Å². The first-order valence-electron chi connectivity index (χ1n) is 5.87. The second-order valence-corrected chi connectivity index (χ2v) is 4.88. The fraction of sp³-hybridized carbons (Fsp3) is 0.385. The van der Waals surface area contributed by atoms with Crippen molar-refractivity contribution in [1.82, 2.24) is 0 Å². The molecule has 0 unspecified atom stereocenters. The average Bonchev–Trinajstić information content (AvgIpc) is 2.36. The van der Waals surface area contributed by atoms with Gasteiger partial charge in [0.15, 0.2) is 0 Å². The maximum atomic E-state index is 11.4. The van der Waals surface area contributed by atoms with Crippen LogP contribution in [0.3, 0.4) is 0 Å². The van der Waals surface area contributed by atoms with Crippen LogP contribution in [0.25, 0.3) is 0 Å². The molecule has 0 aliphatic heterocycles. The number of carboxylic acid groups (broad SMARTS) is 1. The van der Waals surface area contributed by atoms with Crippen LogP contribution >= 0.6 is 11.8 Å². The summed E-state index contributed by atoms with van der Waals surface area (Å²) >= 11 is 1.56. The highest BCUT2D eigenvalue weighted by molar-refractivity contribution is 7.99. The number of carboxylic acids is 1. The number of aliphatic carboxylic acids is 1. The van der Waals surface area contributed by atoms with Gasteiger partial charge in [0.1, 0.15) is 0 Å². The Labute approximate surface area is 111 Å². The monoisotopic (exact) mass is 267 g/mol. The van der Waals surface area contributed by atoms with E-state index in [-0.39, 0.29) is 12.3 Å². The van der Waals surface area contributed by atoms with E-state index in [9.17, 15) is 9.59 Å². The van der Waals surface area contributed by atoms with Crippen molar-refractivity contribution in [2.75, 3.05) is 11.1 Å². The molecule has 0 saturated heterocycles. The van der Waals surface area contributed by atoms with Crippen molar-refractivity contribution in [2.24, 2.45) is 0 Å². The van der Waals surface area contributed by atoms with Crippen LogP contribution in [0.15, 0.2) is 29.2 Å². The predicted octanol–water partition coefficient (Wildman–Crippen LogP) is 2.99. The number of carbonyl (C=O) groups excluding carboxylic acids is 1. The van der Waals surface area contributed by atoms with E-state index in [1.165, 1.54) is 0 Å². The van der Waals surface area contributed by atoms with Gasteiger partial charge in [-0.05, 0) is 24.3 Å². The molecule has 0 heterocycles. The number of benzene rings is 1. The first kappa shape index (κ1) is 14.6. The molecule has 0 atom stereocenters. The normalized spacial score (nSPS) is 10.1. The zero-order valence-electron chi connectivity index (χ0n) is 10.3. The Morgan fingerprint density at radius 1 is 1.33 bits per heavy atom. The molecule has 0 spiro atoms. The van der Waals surface area contributed by atoms with Crippen molar-refractivity contribution < 1.29 is 14.7 Å². The van der Waals surface area contributed by atoms with Gasteiger partial charge in [-0.1, -0.05) is 19.1 Å². The maximum absolute atomic E-state index is 11.4. The molecular formula is C13H17NO3S. The Hall–Kier alpha value is -1.49. The number of nitrogens with one attached hydrogen (secondary N) is 1. The van der Waals surface area contributed by atoms with Crippen LogP contribution in [-0.2, 0) is 9.59 Å². The number of hydrogen-bond acceptors (Lipinski definition) is 3. The van der Waals surface area contributed by atoms with Crippen LogP contribution in [-0.4, -0.2) is 22.7 Å². The minimum absolute atomic E-state index is 0.0198. The van der Waals surface area contributed by atoms with Gasteiger partial charge in [-0.2, -0.15) is 0 Å². The molecule has 18 heavy (non-hydrogen) atoms. The summed E-state index contributed by atoms with van der Waals surface area (Å²) in [7, 11) is 0. The number of anilines is 1. The number of thioether (sulfide) groups is 1. The number of hydrogen-bond donors (Lipinski definition) is 2. The van der Waals surface area contributed by atoms with E-state index in [1.54, 1.807) is 18.7 Å². The largest absolute Gasteiger partial charge is 0.481 e. The molecule has 1 aromatic rings.